The third-order valence-corrected chi connectivity index (χ3v) is 6.00. The number of hydrogen-bond donors (Lipinski definition) is 0. The molecular weight excluding hydrogens is 340 g/mol. The van der Waals surface area contributed by atoms with Crippen LogP contribution in [0.5, 0.6) is 0 Å². The van der Waals surface area contributed by atoms with Crippen molar-refractivity contribution in [3.8, 4) is 0 Å². The van der Waals surface area contributed by atoms with Gasteiger partial charge in [0.05, 0.1) is 18.6 Å². The normalized spacial score (nSPS) is 17.7. The zero-order valence-corrected chi connectivity index (χ0v) is 15.5. The fraction of sp³-hybridized carbons (Fsp3) is 0.556. The molecule has 1 aromatic heterocycles. The average molecular weight is 365 g/mol. The zero-order chi connectivity index (χ0) is 16.8. The van der Waals surface area contributed by atoms with E-state index in [-0.39, 0.29) is 5.91 Å². The lowest BCUT2D eigenvalue weighted by Gasteiger charge is -2.27. The lowest BCUT2D eigenvalue weighted by molar-refractivity contribution is -0.127. The third kappa shape index (κ3) is 4.63. The molecule has 0 aromatic carbocycles. The van der Waals surface area contributed by atoms with E-state index in [9.17, 15) is 4.79 Å². The quantitative estimate of drug-likeness (QED) is 0.733. The highest BCUT2D eigenvalue weighted by Gasteiger charge is 2.23. The number of nitrogens with zero attached hydrogens (tertiary/aromatic N) is 2. The Morgan fingerprint density at radius 1 is 1.29 bits per heavy atom. The van der Waals surface area contributed by atoms with E-state index in [0.717, 1.165) is 48.1 Å². The van der Waals surface area contributed by atoms with Crippen molar-refractivity contribution in [3.05, 3.63) is 35.9 Å². The first kappa shape index (κ1) is 17.5. The Bertz CT molecular complexity index is 592. The van der Waals surface area contributed by atoms with Crippen molar-refractivity contribution in [1.29, 1.82) is 0 Å². The Hall–Kier alpha value is -1.27. The molecule has 2 aliphatic rings. The number of thioether (sulfide) groups is 1. The van der Waals surface area contributed by atoms with Gasteiger partial charge in [0.1, 0.15) is 10.1 Å². The second-order valence-electron chi connectivity index (χ2n) is 6.25. The van der Waals surface area contributed by atoms with Crippen molar-refractivity contribution in [2.75, 3.05) is 18.8 Å². The number of hydrogen-bond acceptors (Lipinski definition) is 4. The summed E-state index contributed by atoms with van der Waals surface area (Å²) < 4.78 is 6.31. The van der Waals surface area contributed by atoms with Crippen molar-refractivity contribution in [1.82, 2.24) is 9.80 Å². The molecule has 130 valence electrons. The van der Waals surface area contributed by atoms with Gasteiger partial charge in [-0.05, 0) is 50.7 Å². The second-order valence-corrected chi connectivity index (χ2v) is 7.86. The summed E-state index contributed by atoms with van der Waals surface area (Å²) in [7, 11) is 0. The summed E-state index contributed by atoms with van der Waals surface area (Å²) in [4.78, 5) is 16.9. The minimum atomic E-state index is 0.117. The van der Waals surface area contributed by atoms with Gasteiger partial charge in [0.2, 0.25) is 5.91 Å². The SMILES string of the molecule is O=C(CSC(=S)N1CCCC1)N(Cc1ccco1)C1=CCCCC1. The van der Waals surface area contributed by atoms with Crippen LogP contribution in [0.1, 0.15) is 44.3 Å². The van der Waals surface area contributed by atoms with Gasteiger partial charge in [-0.15, -0.1) is 0 Å². The number of likely N-dealkylation sites (tertiary alicyclic amines) is 1. The number of rotatable bonds is 5. The fourth-order valence-electron chi connectivity index (χ4n) is 3.17. The molecular formula is C18H24N2O2S2. The first-order valence-corrected chi connectivity index (χ1v) is 10.1. The van der Waals surface area contributed by atoms with Crippen LogP contribution in [-0.2, 0) is 11.3 Å². The number of carbonyl (C=O) groups excluding carboxylic acids is 1. The lowest BCUT2D eigenvalue weighted by atomic mass is 10.0. The molecule has 0 radical (unpaired) electrons. The van der Waals surface area contributed by atoms with Gasteiger partial charge < -0.3 is 14.2 Å². The maximum atomic E-state index is 12.8. The summed E-state index contributed by atoms with van der Waals surface area (Å²) in [5.41, 5.74) is 1.13. The van der Waals surface area contributed by atoms with E-state index in [1.807, 2.05) is 17.0 Å². The topological polar surface area (TPSA) is 36.7 Å². The first-order valence-electron chi connectivity index (χ1n) is 8.67. The Kier molecular flexibility index (Phi) is 6.37. The zero-order valence-electron chi connectivity index (χ0n) is 13.9. The summed E-state index contributed by atoms with van der Waals surface area (Å²) >= 11 is 6.97. The van der Waals surface area contributed by atoms with Crippen molar-refractivity contribution < 1.29 is 9.21 Å². The van der Waals surface area contributed by atoms with Gasteiger partial charge in [0, 0.05) is 18.8 Å². The molecule has 0 bridgehead atoms. The number of amides is 1. The van der Waals surface area contributed by atoms with Crippen LogP contribution in [0.2, 0.25) is 0 Å². The van der Waals surface area contributed by atoms with Crippen molar-refractivity contribution in [3.63, 3.8) is 0 Å². The Balaban J connectivity index is 1.61. The molecule has 24 heavy (non-hydrogen) atoms. The third-order valence-electron chi connectivity index (χ3n) is 4.49. The van der Waals surface area contributed by atoms with Gasteiger partial charge in [-0.3, -0.25) is 4.79 Å². The molecule has 4 nitrogen and oxygen atoms in total. The van der Waals surface area contributed by atoms with E-state index >= 15 is 0 Å². The van der Waals surface area contributed by atoms with Crippen LogP contribution in [0, 0.1) is 0 Å². The van der Waals surface area contributed by atoms with E-state index in [2.05, 4.69) is 11.0 Å². The maximum Gasteiger partial charge on any atom is 0.237 e. The minimum Gasteiger partial charge on any atom is -0.467 e. The smallest absolute Gasteiger partial charge is 0.237 e. The first-order chi connectivity index (χ1) is 11.7. The molecule has 2 heterocycles. The van der Waals surface area contributed by atoms with Crippen LogP contribution in [-0.4, -0.2) is 38.9 Å². The molecule has 0 unspecified atom stereocenters. The van der Waals surface area contributed by atoms with Crippen LogP contribution in [0.15, 0.2) is 34.6 Å². The van der Waals surface area contributed by atoms with Gasteiger partial charge in [-0.2, -0.15) is 0 Å². The van der Waals surface area contributed by atoms with E-state index in [1.165, 1.54) is 31.0 Å². The average Bonchev–Trinajstić information content (AvgIpc) is 3.31. The Labute approximate surface area is 153 Å². The molecule has 1 aliphatic carbocycles. The van der Waals surface area contributed by atoms with Crippen LogP contribution in [0.3, 0.4) is 0 Å². The largest absolute Gasteiger partial charge is 0.467 e. The molecule has 0 spiro atoms. The second kappa shape index (κ2) is 8.72. The molecule has 3 rings (SSSR count). The molecule has 0 atom stereocenters. The summed E-state index contributed by atoms with van der Waals surface area (Å²) in [6.45, 7) is 2.57. The molecule has 0 saturated carbocycles. The van der Waals surface area contributed by atoms with E-state index in [0.29, 0.717) is 12.3 Å². The lowest BCUT2D eigenvalue weighted by Crippen LogP contribution is -2.33. The van der Waals surface area contributed by atoms with Crippen molar-refractivity contribution in [2.45, 2.75) is 45.1 Å². The van der Waals surface area contributed by atoms with Crippen LogP contribution in [0.4, 0.5) is 0 Å². The molecule has 1 saturated heterocycles. The Morgan fingerprint density at radius 3 is 2.79 bits per heavy atom. The molecule has 0 N–H and O–H groups in total. The van der Waals surface area contributed by atoms with Gasteiger partial charge in [0.15, 0.2) is 0 Å². The maximum absolute atomic E-state index is 12.8. The molecule has 6 heteroatoms. The molecule has 1 aromatic rings. The predicted molar refractivity (Wildman–Crippen MR) is 102 cm³/mol. The molecule has 1 aliphatic heterocycles. The minimum absolute atomic E-state index is 0.117. The standard InChI is InChI=1S/C18H24N2O2S2/c21-17(14-24-18(23)19-10-4-5-11-19)20(13-16-9-6-12-22-16)15-7-2-1-3-8-15/h6-7,9,12H,1-5,8,10-11,13-14H2. The van der Waals surface area contributed by atoms with Gasteiger partial charge in [-0.25, -0.2) is 0 Å². The number of carbonyl (C=O) groups is 1. The number of allylic oxidation sites excluding steroid dienone is 2. The van der Waals surface area contributed by atoms with Gasteiger partial charge in [-0.1, -0.05) is 30.1 Å². The van der Waals surface area contributed by atoms with E-state index < -0.39 is 0 Å². The molecule has 1 fully saturated rings. The number of furan rings is 1. The highest BCUT2D eigenvalue weighted by molar-refractivity contribution is 8.23. The fourth-order valence-corrected chi connectivity index (χ4v) is 4.29. The Morgan fingerprint density at radius 2 is 2.12 bits per heavy atom. The van der Waals surface area contributed by atoms with Crippen LogP contribution < -0.4 is 0 Å². The molecule has 1 amide bonds. The van der Waals surface area contributed by atoms with Gasteiger partial charge in [0.25, 0.3) is 0 Å². The van der Waals surface area contributed by atoms with Crippen LogP contribution >= 0.6 is 24.0 Å². The highest BCUT2D eigenvalue weighted by Crippen LogP contribution is 2.25. The highest BCUT2D eigenvalue weighted by atomic mass is 32.2. The van der Waals surface area contributed by atoms with E-state index in [1.54, 1.807) is 6.26 Å². The predicted octanol–water partition coefficient (Wildman–Crippen LogP) is 4.18. The summed E-state index contributed by atoms with van der Waals surface area (Å²) in [5.74, 6) is 1.33. The van der Waals surface area contributed by atoms with Gasteiger partial charge >= 0.3 is 0 Å². The van der Waals surface area contributed by atoms with Crippen molar-refractivity contribution in [2.24, 2.45) is 0 Å². The summed E-state index contributed by atoms with van der Waals surface area (Å²) in [6.07, 6.45) is 10.6. The van der Waals surface area contributed by atoms with Crippen molar-refractivity contribution >= 4 is 34.2 Å². The summed E-state index contributed by atoms with van der Waals surface area (Å²) in [6, 6.07) is 3.79. The van der Waals surface area contributed by atoms with Crippen LogP contribution in [0.25, 0.3) is 0 Å². The van der Waals surface area contributed by atoms with E-state index in [4.69, 9.17) is 16.6 Å². The summed E-state index contributed by atoms with van der Waals surface area (Å²) in [5, 5.41) is 0. The number of thiocarbonyl (C=S) groups is 1. The monoisotopic (exact) mass is 364 g/mol.